The first-order valence-electron chi connectivity index (χ1n) is 9.07. The lowest BCUT2D eigenvalue weighted by atomic mass is 9.97. The lowest BCUT2D eigenvalue weighted by Gasteiger charge is -2.30. The molecule has 1 fully saturated rings. The van der Waals surface area contributed by atoms with E-state index in [-0.39, 0.29) is 23.3 Å². The van der Waals surface area contributed by atoms with Crippen LogP contribution in [0.3, 0.4) is 0 Å². The van der Waals surface area contributed by atoms with Gasteiger partial charge in [-0.05, 0) is 38.3 Å². The quantitative estimate of drug-likeness (QED) is 0.721. The van der Waals surface area contributed by atoms with Crippen LogP contribution < -0.4 is 10.1 Å². The molecule has 27 heavy (non-hydrogen) atoms. The number of carbonyl (C=O) groups excluding carboxylic acids is 1. The summed E-state index contributed by atoms with van der Waals surface area (Å²) in [5.41, 5.74) is 0.835. The lowest BCUT2D eigenvalue weighted by Crippen LogP contribution is -2.42. The summed E-state index contributed by atoms with van der Waals surface area (Å²) in [6.07, 6.45) is 2.30. The fraction of sp³-hybridized carbons (Fsp3) is 0.611. The number of nitrogens with one attached hydrogen (secondary N) is 1. The number of hydrogen-bond acceptors (Lipinski definition) is 4. The summed E-state index contributed by atoms with van der Waals surface area (Å²) in [6, 6.07) is 4.57. The molecule has 1 aliphatic heterocycles. The summed E-state index contributed by atoms with van der Waals surface area (Å²) in [6.45, 7) is 1.23. The number of hydrogen-bond donors (Lipinski definition) is 1. The summed E-state index contributed by atoms with van der Waals surface area (Å²) >= 11 is 0. The van der Waals surface area contributed by atoms with E-state index in [9.17, 15) is 22.0 Å². The van der Waals surface area contributed by atoms with Crippen molar-refractivity contribution in [2.75, 3.05) is 24.2 Å². The molecule has 0 atom stereocenters. The van der Waals surface area contributed by atoms with Crippen molar-refractivity contribution in [1.29, 1.82) is 0 Å². The van der Waals surface area contributed by atoms with Crippen molar-refractivity contribution in [2.45, 2.75) is 46.1 Å². The number of ether oxygens (including phenoxy) is 1. The van der Waals surface area contributed by atoms with E-state index in [0.717, 1.165) is 6.42 Å². The predicted molar refractivity (Wildman–Crippen MR) is 99.4 cm³/mol. The van der Waals surface area contributed by atoms with Crippen LogP contribution in [0.5, 0.6) is 5.75 Å². The highest BCUT2D eigenvalue weighted by atomic mass is 32.2. The number of benzene rings is 1. The smallest absolute Gasteiger partial charge is 0.387 e. The molecule has 0 saturated carbocycles. The standard InChI is InChI=1S/C18H26F2N2O4S/c1-3-4-12-27(24,25)22-10-8-14(9-11-22)17(23)21-15-6-5-7-16(13(15)2)26-18(19)20/h5-7,14,18H,3-4,8-12H2,1-2H3,(H,21,23). The van der Waals surface area contributed by atoms with E-state index in [1.807, 2.05) is 6.92 Å². The summed E-state index contributed by atoms with van der Waals surface area (Å²) < 4.78 is 55.2. The van der Waals surface area contributed by atoms with Gasteiger partial charge >= 0.3 is 6.61 Å². The van der Waals surface area contributed by atoms with Crippen LogP contribution >= 0.6 is 0 Å². The Bertz CT molecular complexity index is 748. The van der Waals surface area contributed by atoms with Gasteiger partial charge in [-0.25, -0.2) is 12.7 Å². The van der Waals surface area contributed by atoms with Gasteiger partial charge in [0.05, 0.1) is 5.75 Å². The monoisotopic (exact) mass is 404 g/mol. The Hall–Kier alpha value is -1.74. The molecule has 1 aromatic carbocycles. The SMILES string of the molecule is CCCCS(=O)(=O)N1CCC(C(=O)Nc2cccc(OC(F)F)c2C)CC1. The molecule has 1 N–H and O–H groups in total. The number of amides is 1. The van der Waals surface area contributed by atoms with Crippen molar-refractivity contribution in [2.24, 2.45) is 5.92 Å². The number of halogens is 2. The zero-order chi connectivity index (χ0) is 20.0. The van der Waals surface area contributed by atoms with Crippen LogP contribution in [-0.2, 0) is 14.8 Å². The normalized spacial score (nSPS) is 16.5. The Morgan fingerprint density at radius 1 is 1.33 bits per heavy atom. The molecule has 9 heteroatoms. The summed E-state index contributed by atoms with van der Waals surface area (Å²) in [7, 11) is -3.26. The first-order valence-corrected chi connectivity index (χ1v) is 10.7. The molecule has 0 radical (unpaired) electrons. The number of nitrogens with zero attached hydrogens (tertiary/aromatic N) is 1. The molecule has 2 rings (SSSR count). The molecule has 0 aliphatic carbocycles. The van der Waals surface area contributed by atoms with Crippen molar-refractivity contribution < 1.29 is 26.7 Å². The Kier molecular flexibility index (Phi) is 7.55. The minimum Gasteiger partial charge on any atom is -0.434 e. The minimum absolute atomic E-state index is 0.0136. The van der Waals surface area contributed by atoms with Crippen LogP contribution in [0.2, 0.25) is 0 Å². The van der Waals surface area contributed by atoms with Gasteiger partial charge in [-0.3, -0.25) is 4.79 Å². The molecule has 0 unspecified atom stereocenters. The number of alkyl halides is 2. The highest BCUT2D eigenvalue weighted by Gasteiger charge is 2.31. The molecule has 0 aromatic heterocycles. The van der Waals surface area contributed by atoms with Crippen molar-refractivity contribution in [1.82, 2.24) is 4.31 Å². The molecular weight excluding hydrogens is 378 g/mol. The first kappa shape index (κ1) is 21.6. The Morgan fingerprint density at radius 2 is 2.00 bits per heavy atom. The van der Waals surface area contributed by atoms with Gasteiger partial charge in [0, 0.05) is 30.3 Å². The van der Waals surface area contributed by atoms with Crippen molar-refractivity contribution in [3.05, 3.63) is 23.8 Å². The maximum atomic E-state index is 12.5. The molecule has 0 bridgehead atoms. The highest BCUT2D eigenvalue weighted by Crippen LogP contribution is 2.28. The minimum atomic E-state index is -3.26. The Balaban J connectivity index is 1.95. The zero-order valence-electron chi connectivity index (χ0n) is 15.6. The maximum Gasteiger partial charge on any atom is 0.387 e. The van der Waals surface area contributed by atoms with E-state index >= 15 is 0 Å². The molecule has 0 spiro atoms. The summed E-state index contributed by atoms with van der Waals surface area (Å²) in [5, 5.41) is 2.75. The fourth-order valence-corrected chi connectivity index (χ4v) is 4.74. The highest BCUT2D eigenvalue weighted by molar-refractivity contribution is 7.89. The van der Waals surface area contributed by atoms with Gasteiger partial charge in [0.15, 0.2) is 0 Å². The van der Waals surface area contributed by atoms with Crippen LogP contribution in [0.4, 0.5) is 14.5 Å². The molecule has 1 amide bonds. The summed E-state index contributed by atoms with van der Waals surface area (Å²) in [5.74, 6) is -0.407. The van der Waals surface area contributed by atoms with Crippen molar-refractivity contribution in [3.63, 3.8) is 0 Å². The second-order valence-electron chi connectivity index (χ2n) is 6.64. The van der Waals surface area contributed by atoms with Gasteiger partial charge in [-0.15, -0.1) is 0 Å². The second-order valence-corrected chi connectivity index (χ2v) is 8.73. The topological polar surface area (TPSA) is 75.7 Å². The van der Waals surface area contributed by atoms with E-state index in [4.69, 9.17) is 0 Å². The van der Waals surface area contributed by atoms with Gasteiger partial charge in [-0.2, -0.15) is 8.78 Å². The van der Waals surface area contributed by atoms with Crippen molar-refractivity contribution >= 4 is 21.6 Å². The number of anilines is 1. The first-order chi connectivity index (χ1) is 12.7. The van der Waals surface area contributed by atoms with Gasteiger partial charge < -0.3 is 10.1 Å². The van der Waals surface area contributed by atoms with E-state index in [1.54, 1.807) is 13.0 Å². The molecule has 1 aromatic rings. The predicted octanol–water partition coefficient (Wildman–Crippen LogP) is 3.38. The van der Waals surface area contributed by atoms with Crippen LogP contribution in [0.1, 0.15) is 38.2 Å². The van der Waals surface area contributed by atoms with Crippen LogP contribution in [0, 0.1) is 12.8 Å². The third-order valence-electron chi connectivity index (χ3n) is 4.73. The van der Waals surface area contributed by atoms with Gasteiger partial charge in [0.1, 0.15) is 5.75 Å². The lowest BCUT2D eigenvalue weighted by molar-refractivity contribution is -0.120. The number of piperidine rings is 1. The molecule has 1 heterocycles. The van der Waals surface area contributed by atoms with E-state index in [0.29, 0.717) is 43.6 Å². The van der Waals surface area contributed by atoms with E-state index < -0.39 is 16.6 Å². The number of rotatable bonds is 8. The van der Waals surface area contributed by atoms with E-state index in [1.165, 1.54) is 16.4 Å². The largest absolute Gasteiger partial charge is 0.434 e. The number of unbranched alkanes of at least 4 members (excludes halogenated alkanes) is 1. The summed E-state index contributed by atoms with van der Waals surface area (Å²) in [4.78, 5) is 12.5. The third kappa shape index (κ3) is 5.87. The van der Waals surface area contributed by atoms with Crippen LogP contribution in [0.25, 0.3) is 0 Å². The Labute approximate surface area is 158 Å². The van der Waals surface area contributed by atoms with Gasteiger partial charge in [0.25, 0.3) is 0 Å². The van der Waals surface area contributed by atoms with E-state index in [2.05, 4.69) is 10.1 Å². The van der Waals surface area contributed by atoms with Crippen LogP contribution in [-0.4, -0.2) is 44.1 Å². The second kappa shape index (κ2) is 9.45. The van der Waals surface area contributed by atoms with Gasteiger partial charge in [0.2, 0.25) is 15.9 Å². The molecular formula is C18H26F2N2O4S. The van der Waals surface area contributed by atoms with Crippen molar-refractivity contribution in [3.8, 4) is 5.75 Å². The number of sulfonamides is 1. The molecule has 1 aliphatic rings. The van der Waals surface area contributed by atoms with Crippen LogP contribution in [0.15, 0.2) is 18.2 Å². The van der Waals surface area contributed by atoms with Gasteiger partial charge in [-0.1, -0.05) is 19.4 Å². The fourth-order valence-electron chi connectivity index (χ4n) is 3.06. The average molecular weight is 404 g/mol. The molecule has 6 nitrogen and oxygen atoms in total. The number of carbonyl (C=O) groups is 1. The zero-order valence-corrected chi connectivity index (χ0v) is 16.4. The molecule has 1 saturated heterocycles. The Morgan fingerprint density at radius 3 is 2.59 bits per heavy atom. The molecule has 152 valence electrons. The average Bonchev–Trinajstić information content (AvgIpc) is 2.63. The maximum absolute atomic E-state index is 12.5. The third-order valence-corrected chi connectivity index (χ3v) is 6.69.